The summed E-state index contributed by atoms with van der Waals surface area (Å²) in [6.45, 7) is 1.99. The smallest absolute Gasteiger partial charge is 0.224 e. The van der Waals surface area contributed by atoms with Crippen molar-refractivity contribution in [3.63, 3.8) is 0 Å². The number of nitrogens with one attached hydrogen (secondary N) is 2. The van der Waals surface area contributed by atoms with Crippen LogP contribution in [0.1, 0.15) is 18.4 Å². The Morgan fingerprint density at radius 2 is 2.60 bits per heavy atom. The van der Waals surface area contributed by atoms with Gasteiger partial charge in [-0.05, 0) is 41.8 Å². The highest BCUT2D eigenvalue weighted by molar-refractivity contribution is 7.07. The Morgan fingerprint density at radius 1 is 1.67 bits per heavy atom. The van der Waals surface area contributed by atoms with Crippen molar-refractivity contribution in [2.45, 2.75) is 25.3 Å². The molecule has 1 fully saturated rings. The van der Waals surface area contributed by atoms with Gasteiger partial charge in [-0.3, -0.25) is 4.79 Å². The van der Waals surface area contributed by atoms with Gasteiger partial charge in [0.2, 0.25) is 5.91 Å². The number of carbonyl (C=O) groups is 1. The second-order valence-electron chi connectivity index (χ2n) is 3.92. The van der Waals surface area contributed by atoms with Crippen LogP contribution in [0.4, 0.5) is 0 Å². The first kappa shape index (κ1) is 10.6. The van der Waals surface area contributed by atoms with Gasteiger partial charge in [0.1, 0.15) is 0 Å². The van der Waals surface area contributed by atoms with Crippen molar-refractivity contribution < 1.29 is 4.79 Å². The van der Waals surface area contributed by atoms with Crippen LogP contribution in [0.5, 0.6) is 0 Å². The molecule has 0 saturated carbocycles. The molecule has 2 N–H and O–H groups in total. The van der Waals surface area contributed by atoms with E-state index in [-0.39, 0.29) is 5.91 Å². The van der Waals surface area contributed by atoms with E-state index >= 15 is 0 Å². The highest BCUT2D eigenvalue weighted by Gasteiger charge is 2.15. The van der Waals surface area contributed by atoms with E-state index in [1.165, 1.54) is 0 Å². The van der Waals surface area contributed by atoms with Gasteiger partial charge in [-0.1, -0.05) is 0 Å². The Hall–Kier alpha value is -0.870. The molecule has 15 heavy (non-hydrogen) atoms. The minimum Gasteiger partial charge on any atom is -0.352 e. The Morgan fingerprint density at radius 3 is 3.27 bits per heavy atom. The number of thiophene rings is 1. The molecule has 2 heterocycles. The molecule has 1 aromatic rings. The summed E-state index contributed by atoms with van der Waals surface area (Å²) in [6, 6.07) is 2.33. The molecule has 1 amide bonds. The largest absolute Gasteiger partial charge is 0.352 e. The SMILES string of the molecule is O=C(Cc1ccsc1)N[C@@H]1CCCNC1. The Bertz CT molecular complexity index is 304. The average Bonchev–Trinajstić information content (AvgIpc) is 2.71. The number of carbonyl (C=O) groups excluding carboxylic acids is 1. The number of rotatable bonds is 3. The van der Waals surface area contributed by atoms with E-state index in [9.17, 15) is 4.79 Å². The van der Waals surface area contributed by atoms with E-state index < -0.39 is 0 Å². The van der Waals surface area contributed by atoms with Crippen LogP contribution in [0.2, 0.25) is 0 Å². The van der Waals surface area contributed by atoms with Crippen LogP contribution >= 0.6 is 11.3 Å². The molecule has 4 heteroatoms. The van der Waals surface area contributed by atoms with Gasteiger partial charge in [0.15, 0.2) is 0 Å². The number of piperidine rings is 1. The molecule has 1 aliphatic heterocycles. The van der Waals surface area contributed by atoms with Gasteiger partial charge in [-0.25, -0.2) is 0 Å². The Balaban J connectivity index is 1.76. The fraction of sp³-hybridized carbons (Fsp3) is 0.545. The standard InChI is InChI=1S/C11H16N2OS/c14-11(6-9-3-5-15-8-9)13-10-2-1-4-12-7-10/h3,5,8,10,12H,1-2,4,6-7H2,(H,13,14)/t10-/m1/s1. The summed E-state index contributed by atoms with van der Waals surface area (Å²) in [7, 11) is 0. The Labute approximate surface area is 93.9 Å². The topological polar surface area (TPSA) is 41.1 Å². The highest BCUT2D eigenvalue weighted by Crippen LogP contribution is 2.07. The first-order valence-electron chi connectivity index (χ1n) is 5.36. The molecule has 2 rings (SSSR count). The fourth-order valence-corrected chi connectivity index (χ4v) is 2.50. The van der Waals surface area contributed by atoms with Crippen LogP contribution in [0.25, 0.3) is 0 Å². The van der Waals surface area contributed by atoms with Crippen LogP contribution in [0.15, 0.2) is 16.8 Å². The van der Waals surface area contributed by atoms with Gasteiger partial charge < -0.3 is 10.6 Å². The van der Waals surface area contributed by atoms with E-state index in [1.807, 2.05) is 16.8 Å². The molecular formula is C11H16N2OS. The molecule has 1 saturated heterocycles. The van der Waals surface area contributed by atoms with Crippen LogP contribution in [-0.4, -0.2) is 25.0 Å². The Kier molecular flexibility index (Phi) is 3.75. The fourth-order valence-electron chi connectivity index (χ4n) is 1.83. The summed E-state index contributed by atoms with van der Waals surface area (Å²) >= 11 is 1.64. The van der Waals surface area contributed by atoms with Gasteiger partial charge in [-0.15, -0.1) is 0 Å². The summed E-state index contributed by atoms with van der Waals surface area (Å²) in [6.07, 6.45) is 2.77. The number of hydrogen-bond acceptors (Lipinski definition) is 3. The zero-order valence-corrected chi connectivity index (χ0v) is 9.48. The summed E-state index contributed by atoms with van der Waals surface area (Å²) in [4.78, 5) is 11.6. The molecule has 0 aliphatic carbocycles. The van der Waals surface area contributed by atoms with Crippen molar-refractivity contribution in [3.8, 4) is 0 Å². The lowest BCUT2D eigenvalue weighted by Crippen LogP contribution is -2.46. The maximum absolute atomic E-state index is 11.6. The molecule has 1 atom stereocenters. The van der Waals surface area contributed by atoms with E-state index in [0.29, 0.717) is 12.5 Å². The van der Waals surface area contributed by atoms with Crippen LogP contribution < -0.4 is 10.6 Å². The molecule has 82 valence electrons. The third-order valence-corrected chi connectivity index (χ3v) is 3.34. The van der Waals surface area contributed by atoms with E-state index in [1.54, 1.807) is 11.3 Å². The maximum atomic E-state index is 11.6. The normalized spacial score (nSPS) is 21.2. The summed E-state index contributed by atoms with van der Waals surface area (Å²) in [5.41, 5.74) is 1.11. The monoisotopic (exact) mass is 224 g/mol. The first-order chi connectivity index (χ1) is 7.34. The minimum atomic E-state index is 0.141. The van der Waals surface area contributed by atoms with Crippen molar-refractivity contribution in [2.75, 3.05) is 13.1 Å². The van der Waals surface area contributed by atoms with Crippen molar-refractivity contribution in [2.24, 2.45) is 0 Å². The summed E-state index contributed by atoms with van der Waals surface area (Å²) in [5, 5.41) is 10.4. The summed E-state index contributed by atoms with van der Waals surface area (Å²) < 4.78 is 0. The number of amides is 1. The lowest BCUT2D eigenvalue weighted by Gasteiger charge is -2.23. The van der Waals surface area contributed by atoms with Crippen molar-refractivity contribution in [1.29, 1.82) is 0 Å². The predicted molar refractivity (Wildman–Crippen MR) is 62.1 cm³/mol. The molecule has 0 aromatic carbocycles. The van der Waals surface area contributed by atoms with Gasteiger partial charge in [-0.2, -0.15) is 11.3 Å². The third kappa shape index (κ3) is 3.32. The van der Waals surface area contributed by atoms with Crippen molar-refractivity contribution >= 4 is 17.2 Å². The third-order valence-electron chi connectivity index (χ3n) is 2.61. The lowest BCUT2D eigenvalue weighted by molar-refractivity contribution is -0.121. The first-order valence-corrected chi connectivity index (χ1v) is 6.30. The molecule has 1 aromatic heterocycles. The van der Waals surface area contributed by atoms with E-state index in [2.05, 4.69) is 10.6 Å². The lowest BCUT2D eigenvalue weighted by atomic mass is 10.1. The van der Waals surface area contributed by atoms with Crippen molar-refractivity contribution in [1.82, 2.24) is 10.6 Å². The van der Waals surface area contributed by atoms with Crippen molar-refractivity contribution in [3.05, 3.63) is 22.4 Å². The minimum absolute atomic E-state index is 0.141. The average molecular weight is 224 g/mol. The predicted octanol–water partition coefficient (Wildman–Crippen LogP) is 1.16. The molecule has 0 bridgehead atoms. The quantitative estimate of drug-likeness (QED) is 0.809. The van der Waals surface area contributed by atoms with Crippen LogP contribution in [0.3, 0.4) is 0 Å². The van der Waals surface area contributed by atoms with Gasteiger partial charge in [0, 0.05) is 12.6 Å². The zero-order chi connectivity index (χ0) is 10.5. The summed E-state index contributed by atoms with van der Waals surface area (Å²) in [5.74, 6) is 0.141. The van der Waals surface area contributed by atoms with E-state index in [4.69, 9.17) is 0 Å². The molecule has 1 aliphatic rings. The van der Waals surface area contributed by atoms with E-state index in [0.717, 1.165) is 31.5 Å². The molecule has 3 nitrogen and oxygen atoms in total. The molecule has 0 spiro atoms. The maximum Gasteiger partial charge on any atom is 0.224 e. The molecule has 0 unspecified atom stereocenters. The van der Waals surface area contributed by atoms with Gasteiger partial charge >= 0.3 is 0 Å². The second kappa shape index (κ2) is 5.28. The van der Waals surface area contributed by atoms with Crippen LogP contribution in [0, 0.1) is 0 Å². The van der Waals surface area contributed by atoms with Gasteiger partial charge in [0.05, 0.1) is 6.42 Å². The van der Waals surface area contributed by atoms with Crippen LogP contribution in [-0.2, 0) is 11.2 Å². The molecule has 0 radical (unpaired) electrons. The second-order valence-corrected chi connectivity index (χ2v) is 4.70. The van der Waals surface area contributed by atoms with Gasteiger partial charge in [0.25, 0.3) is 0 Å². The molecular weight excluding hydrogens is 208 g/mol. The highest BCUT2D eigenvalue weighted by atomic mass is 32.1. The zero-order valence-electron chi connectivity index (χ0n) is 8.66. The number of hydrogen-bond donors (Lipinski definition) is 2.